The van der Waals surface area contributed by atoms with E-state index in [0.29, 0.717) is 54.6 Å². The van der Waals surface area contributed by atoms with Crippen LogP contribution in [0.1, 0.15) is 21.5 Å². The van der Waals surface area contributed by atoms with E-state index in [1.54, 1.807) is 18.2 Å². The first-order valence-electron chi connectivity index (χ1n) is 8.47. The normalized spacial score (nSPS) is 14.6. The minimum absolute atomic E-state index is 0. The first-order valence-corrected chi connectivity index (χ1v) is 8.47. The number of carbonyl (C=O) groups excluding carboxylic acids is 1. The molecule has 4 rings (SSSR count). The average Bonchev–Trinajstić information content (AvgIpc) is 2.69. The Hall–Kier alpha value is -2.51. The molecule has 0 aromatic heterocycles. The molecule has 2 N–H and O–H groups in total. The molecular formula is C19H20ClFN2O4. The lowest BCUT2D eigenvalue weighted by atomic mass is 9.99. The van der Waals surface area contributed by atoms with E-state index in [-0.39, 0.29) is 23.9 Å². The molecule has 0 fully saturated rings. The highest BCUT2D eigenvalue weighted by molar-refractivity contribution is 6.05. The summed E-state index contributed by atoms with van der Waals surface area (Å²) in [6, 6.07) is 6.56. The topological polar surface area (TPSA) is 68.8 Å². The fourth-order valence-electron chi connectivity index (χ4n) is 3.23. The van der Waals surface area contributed by atoms with Crippen LogP contribution < -0.4 is 24.8 Å². The van der Waals surface area contributed by atoms with Gasteiger partial charge in [0.15, 0.2) is 11.5 Å². The first kappa shape index (κ1) is 19.3. The van der Waals surface area contributed by atoms with Crippen LogP contribution in [0.3, 0.4) is 0 Å². The van der Waals surface area contributed by atoms with Crippen LogP contribution in [0, 0.1) is 5.82 Å². The number of amides is 1. The van der Waals surface area contributed by atoms with Gasteiger partial charge in [0.05, 0.1) is 12.8 Å². The summed E-state index contributed by atoms with van der Waals surface area (Å²) in [6.45, 7) is 2.18. The second-order valence-corrected chi connectivity index (χ2v) is 6.15. The van der Waals surface area contributed by atoms with Gasteiger partial charge in [0.25, 0.3) is 5.91 Å². The highest BCUT2D eigenvalue weighted by atomic mass is 35.5. The van der Waals surface area contributed by atoms with E-state index in [4.69, 9.17) is 14.2 Å². The van der Waals surface area contributed by atoms with E-state index in [0.717, 1.165) is 12.1 Å². The monoisotopic (exact) mass is 394 g/mol. The fourth-order valence-corrected chi connectivity index (χ4v) is 3.23. The van der Waals surface area contributed by atoms with E-state index >= 15 is 0 Å². The third-order valence-corrected chi connectivity index (χ3v) is 4.55. The fraction of sp³-hybridized carbons (Fsp3) is 0.316. The Morgan fingerprint density at radius 1 is 1.26 bits per heavy atom. The lowest BCUT2D eigenvalue weighted by molar-refractivity contribution is 0.102. The number of hydrogen-bond acceptors (Lipinski definition) is 5. The van der Waals surface area contributed by atoms with Crippen molar-refractivity contribution in [2.24, 2.45) is 0 Å². The van der Waals surface area contributed by atoms with Crippen molar-refractivity contribution in [2.45, 2.75) is 13.0 Å². The molecule has 0 unspecified atom stereocenters. The summed E-state index contributed by atoms with van der Waals surface area (Å²) in [5.41, 5.74) is 2.06. The van der Waals surface area contributed by atoms with Gasteiger partial charge in [0.2, 0.25) is 5.75 Å². The maximum Gasteiger partial charge on any atom is 0.256 e. The van der Waals surface area contributed by atoms with Gasteiger partial charge in [-0.2, -0.15) is 0 Å². The molecule has 0 saturated carbocycles. The summed E-state index contributed by atoms with van der Waals surface area (Å²) in [6.07, 6.45) is 0.600. The van der Waals surface area contributed by atoms with Crippen LogP contribution in [0.15, 0.2) is 24.3 Å². The molecule has 0 aliphatic carbocycles. The highest BCUT2D eigenvalue weighted by Gasteiger charge is 2.22. The number of hydrogen-bond donors (Lipinski definition) is 2. The minimum Gasteiger partial charge on any atom is -0.493 e. The molecule has 2 aromatic rings. The molecule has 0 spiro atoms. The molecule has 27 heavy (non-hydrogen) atoms. The van der Waals surface area contributed by atoms with Crippen molar-refractivity contribution in [3.8, 4) is 17.2 Å². The van der Waals surface area contributed by atoms with Gasteiger partial charge in [-0.15, -0.1) is 12.4 Å². The Kier molecular flexibility index (Phi) is 5.72. The van der Waals surface area contributed by atoms with E-state index in [2.05, 4.69) is 10.6 Å². The molecule has 1 amide bonds. The third-order valence-electron chi connectivity index (χ3n) is 4.55. The smallest absolute Gasteiger partial charge is 0.256 e. The van der Waals surface area contributed by atoms with Crippen LogP contribution in [0.25, 0.3) is 0 Å². The van der Waals surface area contributed by atoms with Crippen LogP contribution in [-0.2, 0) is 13.0 Å². The number of nitrogens with one attached hydrogen (secondary N) is 2. The van der Waals surface area contributed by atoms with Crippen LogP contribution in [-0.4, -0.2) is 32.8 Å². The standard InChI is InChI=1S/C19H19FN2O4.ClH/c1-24-15-8-12(9-16-18(15)26-7-6-25-16)19(23)22-14-3-2-11-10-21-5-4-13(11)17(14)20;/h2-3,8-9,21H,4-7,10H2,1H3,(H,22,23);1H. The van der Waals surface area contributed by atoms with Gasteiger partial charge in [-0.3, -0.25) is 4.79 Å². The molecule has 0 bridgehead atoms. The van der Waals surface area contributed by atoms with Crippen molar-refractivity contribution < 1.29 is 23.4 Å². The van der Waals surface area contributed by atoms with Crippen LogP contribution >= 0.6 is 12.4 Å². The number of benzene rings is 2. The molecule has 0 radical (unpaired) electrons. The Morgan fingerprint density at radius 3 is 2.89 bits per heavy atom. The molecule has 8 heteroatoms. The van der Waals surface area contributed by atoms with Gasteiger partial charge >= 0.3 is 0 Å². The van der Waals surface area contributed by atoms with Crippen molar-refractivity contribution >= 4 is 24.0 Å². The highest BCUT2D eigenvalue weighted by Crippen LogP contribution is 2.40. The van der Waals surface area contributed by atoms with Crippen molar-refractivity contribution in [3.63, 3.8) is 0 Å². The molecule has 144 valence electrons. The van der Waals surface area contributed by atoms with Gasteiger partial charge in [-0.05, 0) is 42.3 Å². The first-order chi connectivity index (χ1) is 12.7. The zero-order valence-corrected chi connectivity index (χ0v) is 15.6. The number of anilines is 1. The van der Waals surface area contributed by atoms with Gasteiger partial charge in [0.1, 0.15) is 19.0 Å². The molecule has 2 aliphatic heterocycles. The Morgan fingerprint density at radius 2 is 2.07 bits per heavy atom. The number of methoxy groups -OCH3 is 1. The van der Waals surface area contributed by atoms with Gasteiger partial charge in [-0.1, -0.05) is 6.07 Å². The Balaban J connectivity index is 0.00000210. The lowest BCUT2D eigenvalue weighted by Crippen LogP contribution is -2.25. The molecule has 0 saturated heterocycles. The minimum atomic E-state index is -0.437. The Labute approximate surface area is 162 Å². The van der Waals surface area contributed by atoms with Crippen LogP contribution in [0.2, 0.25) is 0 Å². The largest absolute Gasteiger partial charge is 0.493 e. The number of carbonyl (C=O) groups is 1. The summed E-state index contributed by atoms with van der Waals surface area (Å²) in [4.78, 5) is 12.6. The number of fused-ring (bicyclic) bond motifs is 2. The van der Waals surface area contributed by atoms with E-state index in [1.807, 2.05) is 6.07 Å². The van der Waals surface area contributed by atoms with Crippen LogP contribution in [0.5, 0.6) is 17.2 Å². The average molecular weight is 395 g/mol. The Bertz CT molecular complexity index is 858. The predicted octanol–water partition coefficient (Wildman–Crippen LogP) is 2.93. The third kappa shape index (κ3) is 3.65. The van der Waals surface area contributed by atoms with E-state index in [9.17, 15) is 9.18 Å². The molecule has 0 atom stereocenters. The van der Waals surface area contributed by atoms with Crippen molar-refractivity contribution in [2.75, 3.05) is 32.2 Å². The maximum atomic E-state index is 14.7. The summed E-state index contributed by atoms with van der Waals surface area (Å²) < 4.78 is 31.1. The summed E-state index contributed by atoms with van der Waals surface area (Å²) in [7, 11) is 1.49. The SMILES string of the molecule is COc1cc(C(=O)Nc2ccc3c(c2F)CCNC3)cc2c1OCCO2.Cl. The maximum absolute atomic E-state index is 14.7. The summed E-state index contributed by atoms with van der Waals surface area (Å²) in [5.74, 6) is 0.514. The molecule has 2 aliphatic rings. The zero-order valence-electron chi connectivity index (χ0n) is 14.8. The molecule has 2 aromatic carbocycles. The molecular weight excluding hydrogens is 375 g/mol. The van der Waals surface area contributed by atoms with Crippen molar-refractivity contribution in [3.05, 3.63) is 46.8 Å². The molecule has 6 nitrogen and oxygen atoms in total. The van der Waals surface area contributed by atoms with Crippen LogP contribution in [0.4, 0.5) is 10.1 Å². The van der Waals surface area contributed by atoms with Gasteiger partial charge in [-0.25, -0.2) is 4.39 Å². The van der Waals surface area contributed by atoms with Gasteiger partial charge < -0.3 is 24.8 Å². The van der Waals surface area contributed by atoms with Crippen molar-refractivity contribution in [1.29, 1.82) is 0 Å². The number of ether oxygens (including phenoxy) is 3. The van der Waals surface area contributed by atoms with E-state index in [1.165, 1.54) is 7.11 Å². The quantitative estimate of drug-likeness (QED) is 0.837. The predicted molar refractivity (Wildman–Crippen MR) is 101 cm³/mol. The van der Waals surface area contributed by atoms with Gasteiger partial charge in [0, 0.05) is 12.1 Å². The second-order valence-electron chi connectivity index (χ2n) is 6.15. The number of halogens is 2. The van der Waals surface area contributed by atoms with Crippen molar-refractivity contribution in [1.82, 2.24) is 5.32 Å². The summed E-state index contributed by atoms with van der Waals surface area (Å²) in [5, 5.41) is 5.85. The second kappa shape index (κ2) is 8.02. The zero-order chi connectivity index (χ0) is 18.1. The van der Waals surface area contributed by atoms with E-state index < -0.39 is 5.91 Å². The lowest BCUT2D eigenvalue weighted by Gasteiger charge is -2.22. The number of rotatable bonds is 3. The molecule has 2 heterocycles. The summed E-state index contributed by atoms with van der Waals surface area (Å²) >= 11 is 0.